The van der Waals surface area contributed by atoms with Crippen molar-refractivity contribution in [3.05, 3.63) is 39.8 Å². The Bertz CT molecular complexity index is 444. The highest BCUT2D eigenvalue weighted by Crippen LogP contribution is 2.27. The van der Waals surface area contributed by atoms with Gasteiger partial charge in [-0.15, -0.1) is 0 Å². The predicted octanol–water partition coefficient (Wildman–Crippen LogP) is 0.570. The third-order valence-corrected chi connectivity index (χ3v) is 2.04. The maximum atomic E-state index is 10.9. The van der Waals surface area contributed by atoms with E-state index in [2.05, 4.69) is 4.98 Å². The standard InChI is InChI=1S/C9H7NO3/c11-8-4-2-5-6(9(12)13)1-3-7(5)10-8/h1-4,6H,(H,10,11)(H,12,13). The predicted molar refractivity (Wildman–Crippen MR) is 46.5 cm³/mol. The highest BCUT2D eigenvalue weighted by molar-refractivity contribution is 5.84. The van der Waals surface area contributed by atoms with Gasteiger partial charge >= 0.3 is 5.97 Å². The molecule has 1 aliphatic carbocycles. The number of carboxylic acids is 1. The van der Waals surface area contributed by atoms with E-state index in [0.717, 1.165) is 0 Å². The fourth-order valence-electron chi connectivity index (χ4n) is 1.42. The molecule has 2 rings (SSSR count). The lowest BCUT2D eigenvalue weighted by atomic mass is 10.0. The third-order valence-electron chi connectivity index (χ3n) is 2.04. The van der Waals surface area contributed by atoms with Crippen LogP contribution in [0.3, 0.4) is 0 Å². The molecule has 0 aromatic carbocycles. The molecule has 4 nitrogen and oxygen atoms in total. The van der Waals surface area contributed by atoms with Gasteiger partial charge in [-0.3, -0.25) is 9.59 Å². The highest BCUT2D eigenvalue weighted by Gasteiger charge is 2.23. The molecule has 4 heteroatoms. The second kappa shape index (κ2) is 2.58. The molecule has 1 atom stereocenters. The van der Waals surface area contributed by atoms with Gasteiger partial charge in [0.25, 0.3) is 0 Å². The van der Waals surface area contributed by atoms with E-state index in [1.807, 2.05) is 0 Å². The summed E-state index contributed by atoms with van der Waals surface area (Å²) in [7, 11) is 0. The van der Waals surface area contributed by atoms with Crippen molar-refractivity contribution in [1.29, 1.82) is 0 Å². The Hall–Kier alpha value is -1.84. The molecule has 13 heavy (non-hydrogen) atoms. The van der Waals surface area contributed by atoms with E-state index in [1.165, 1.54) is 6.07 Å². The zero-order valence-electron chi connectivity index (χ0n) is 6.65. The minimum absolute atomic E-state index is 0.213. The van der Waals surface area contributed by atoms with Crippen LogP contribution >= 0.6 is 0 Å². The minimum Gasteiger partial charge on any atom is -0.481 e. The monoisotopic (exact) mass is 177 g/mol. The number of nitrogens with one attached hydrogen (secondary N) is 1. The molecule has 0 amide bonds. The summed E-state index contributed by atoms with van der Waals surface area (Å²) in [6, 6.07) is 2.88. The van der Waals surface area contributed by atoms with Gasteiger partial charge in [0.1, 0.15) is 5.92 Å². The molecular formula is C9H7NO3. The number of hydrogen-bond acceptors (Lipinski definition) is 2. The first-order valence-electron chi connectivity index (χ1n) is 3.83. The van der Waals surface area contributed by atoms with E-state index in [0.29, 0.717) is 11.3 Å². The van der Waals surface area contributed by atoms with Crippen LogP contribution in [0.1, 0.15) is 17.2 Å². The lowest BCUT2D eigenvalue weighted by Crippen LogP contribution is -2.11. The number of H-pyrrole nitrogens is 1. The molecule has 2 N–H and O–H groups in total. The Morgan fingerprint density at radius 2 is 2.23 bits per heavy atom. The van der Waals surface area contributed by atoms with Gasteiger partial charge in [-0.05, 0) is 11.6 Å². The van der Waals surface area contributed by atoms with E-state index in [-0.39, 0.29) is 5.56 Å². The van der Waals surface area contributed by atoms with Crippen molar-refractivity contribution in [3.8, 4) is 0 Å². The van der Waals surface area contributed by atoms with Crippen LogP contribution in [-0.2, 0) is 4.79 Å². The topological polar surface area (TPSA) is 70.2 Å². The van der Waals surface area contributed by atoms with E-state index in [4.69, 9.17) is 5.11 Å². The number of hydrogen-bond donors (Lipinski definition) is 2. The number of rotatable bonds is 1. The Morgan fingerprint density at radius 3 is 2.92 bits per heavy atom. The van der Waals surface area contributed by atoms with Crippen molar-refractivity contribution in [2.75, 3.05) is 0 Å². The van der Waals surface area contributed by atoms with Crippen LogP contribution in [0.15, 0.2) is 23.0 Å². The lowest BCUT2D eigenvalue weighted by Gasteiger charge is -2.03. The summed E-state index contributed by atoms with van der Waals surface area (Å²) < 4.78 is 0. The summed E-state index contributed by atoms with van der Waals surface area (Å²) in [6.45, 7) is 0. The number of aromatic amines is 1. The molecule has 66 valence electrons. The van der Waals surface area contributed by atoms with Crippen molar-refractivity contribution in [1.82, 2.24) is 4.98 Å². The number of aromatic nitrogens is 1. The Balaban J connectivity index is 2.55. The Morgan fingerprint density at radius 1 is 1.46 bits per heavy atom. The first-order chi connectivity index (χ1) is 6.18. The molecule has 0 spiro atoms. The summed E-state index contributed by atoms with van der Waals surface area (Å²) in [6.07, 6.45) is 3.18. The zero-order chi connectivity index (χ0) is 9.42. The largest absolute Gasteiger partial charge is 0.481 e. The van der Waals surface area contributed by atoms with Crippen molar-refractivity contribution in [2.24, 2.45) is 0 Å². The highest BCUT2D eigenvalue weighted by atomic mass is 16.4. The van der Waals surface area contributed by atoms with E-state index >= 15 is 0 Å². The molecule has 0 saturated heterocycles. The average molecular weight is 177 g/mol. The average Bonchev–Trinajstić information content (AvgIpc) is 2.46. The second-order valence-electron chi connectivity index (χ2n) is 2.87. The van der Waals surface area contributed by atoms with E-state index < -0.39 is 11.9 Å². The summed E-state index contributed by atoms with van der Waals surface area (Å²) in [4.78, 5) is 24.1. The summed E-state index contributed by atoms with van der Waals surface area (Å²) in [5.41, 5.74) is 1.03. The molecular weight excluding hydrogens is 170 g/mol. The van der Waals surface area contributed by atoms with Gasteiger partial charge in [-0.25, -0.2) is 0 Å². The molecule has 1 aromatic heterocycles. The smallest absolute Gasteiger partial charge is 0.314 e. The van der Waals surface area contributed by atoms with Gasteiger partial charge in [0.2, 0.25) is 5.56 Å². The van der Waals surface area contributed by atoms with E-state index in [9.17, 15) is 9.59 Å². The quantitative estimate of drug-likeness (QED) is 0.658. The molecule has 0 fully saturated rings. The first-order valence-corrected chi connectivity index (χ1v) is 3.83. The molecule has 1 aromatic rings. The molecule has 0 radical (unpaired) electrons. The van der Waals surface area contributed by atoms with Gasteiger partial charge < -0.3 is 10.1 Å². The number of carbonyl (C=O) groups is 1. The number of fused-ring (bicyclic) bond motifs is 1. The van der Waals surface area contributed by atoms with Gasteiger partial charge in [-0.2, -0.15) is 0 Å². The van der Waals surface area contributed by atoms with Crippen LogP contribution in [0, 0.1) is 0 Å². The number of pyridine rings is 1. The fourth-order valence-corrected chi connectivity index (χ4v) is 1.42. The molecule has 1 heterocycles. The summed E-state index contributed by atoms with van der Waals surface area (Å²) in [5.74, 6) is -1.52. The van der Waals surface area contributed by atoms with Crippen LogP contribution in [0.4, 0.5) is 0 Å². The molecule has 0 aliphatic heterocycles. The van der Waals surface area contributed by atoms with Crippen LogP contribution < -0.4 is 5.56 Å². The molecule has 1 unspecified atom stereocenters. The number of carboxylic acid groups (broad SMARTS) is 1. The van der Waals surface area contributed by atoms with Crippen molar-refractivity contribution in [2.45, 2.75) is 5.92 Å². The maximum Gasteiger partial charge on any atom is 0.314 e. The molecule has 1 aliphatic rings. The van der Waals surface area contributed by atoms with Crippen LogP contribution in [0.25, 0.3) is 6.08 Å². The van der Waals surface area contributed by atoms with Crippen molar-refractivity contribution in [3.63, 3.8) is 0 Å². The number of aliphatic carboxylic acids is 1. The second-order valence-corrected chi connectivity index (χ2v) is 2.87. The minimum atomic E-state index is -0.901. The van der Waals surface area contributed by atoms with Gasteiger partial charge in [-0.1, -0.05) is 12.1 Å². The van der Waals surface area contributed by atoms with Gasteiger partial charge in [0.05, 0.1) is 0 Å². The van der Waals surface area contributed by atoms with Crippen molar-refractivity contribution < 1.29 is 9.90 Å². The van der Waals surface area contributed by atoms with Crippen LogP contribution in [0.5, 0.6) is 0 Å². The van der Waals surface area contributed by atoms with Gasteiger partial charge in [0, 0.05) is 11.8 Å². The lowest BCUT2D eigenvalue weighted by molar-refractivity contribution is -0.137. The first kappa shape index (κ1) is 7.79. The fraction of sp³-hybridized carbons (Fsp3) is 0.111. The van der Waals surface area contributed by atoms with Crippen LogP contribution in [0.2, 0.25) is 0 Å². The van der Waals surface area contributed by atoms with Crippen molar-refractivity contribution >= 4 is 12.0 Å². The van der Waals surface area contributed by atoms with E-state index in [1.54, 1.807) is 18.2 Å². The zero-order valence-corrected chi connectivity index (χ0v) is 6.65. The third kappa shape index (κ3) is 1.16. The summed E-state index contributed by atoms with van der Waals surface area (Å²) >= 11 is 0. The maximum absolute atomic E-state index is 10.9. The molecule has 0 bridgehead atoms. The van der Waals surface area contributed by atoms with Gasteiger partial charge in [0.15, 0.2) is 0 Å². The Kier molecular flexibility index (Phi) is 1.55. The summed E-state index contributed by atoms with van der Waals surface area (Å²) in [5, 5.41) is 8.79. The normalized spacial score (nSPS) is 18.6. The molecule has 0 saturated carbocycles. The van der Waals surface area contributed by atoms with Crippen LogP contribution in [-0.4, -0.2) is 16.1 Å². The SMILES string of the molecule is O=C(O)C1C=Cc2[nH]c(=O)ccc21. The Labute approximate surface area is 73.5 Å².